The van der Waals surface area contributed by atoms with Gasteiger partial charge in [0.1, 0.15) is 0 Å². The second-order valence-electron chi connectivity index (χ2n) is 4.45. The molecule has 2 rings (SSSR count). The minimum atomic E-state index is 0.278. The molecule has 2 aromatic rings. The fourth-order valence-corrected chi connectivity index (χ4v) is 3.22. The number of hydrogen-bond donors (Lipinski definition) is 1. The predicted molar refractivity (Wildman–Crippen MR) is 86.3 cm³/mol. The van der Waals surface area contributed by atoms with E-state index in [0.717, 1.165) is 17.6 Å². The molecule has 1 unspecified atom stereocenters. The van der Waals surface area contributed by atoms with Gasteiger partial charge in [0.15, 0.2) is 0 Å². The van der Waals surface area contributed by atoms with Crippen LogP contribution >= 0.6 is 27.3 Å². The predicted octanol–water partition coefficient (Wildman–Crippen LogP) is 4.03. The molecule has 0 radical (unpaired) electrons. The van der Waals surface area contributed by atoms with E-state index in [1.165, 1.54) is 10.4 Å². The summed E-state index contributed by atoms with van der Waals surface area (Å²) in [6.45, 7) is 4.79. The highest BCUT2D eigenvalue weighted by Gasteiger charge is 2.18. The summed E-state index contributed by atoms with van der Waals surface area (Å²) in [5.74, 6) is 0. The molecule has 1 heterocycles. The van der Waals surface area contributed by atoms with E-state index in [4.69, 9.17) is 5.73 Å². The van der Waals surface area contributed by atoms with Gasteiger partial charge < -0.3 is 5.73 Å². The summed E-state index contributed by atoms with van der Waals surface area (Å²) >= 11 is 5.28. The van der Waals surface area contributed by atoms with Gasteiger partial charge in [-0.2, -0.15) is 0 Å². The minimum absolute atomic E-state index is 0.278. The molecule has 0 fully saturated rings. The molecule has 0 amide bonds. The molecule has 0 aliphatic carbocycles. The maximum atomic E-state index is 6.00. The van der Waals surface area contributed by atoms with Crippen LogP contribution in [0.4, 0.5) is 0 Å². The Morgan fingerprint density at radius 1 is 1.26 bits per heavy atom. The maximum Gasteiger partial charge on any atom is 0.0474 e. The van der Waals surface area contributed by atoms with Crippen LogP contribution in [-0.2, 0) is 6.54 Å². The normalized spacial score (nSPS) is 12.8. The number of hydrogen-bond acceptors (Lipinski definition) is 3. The first-order chi connectivity index (χ1) is 9.24. The maximum absolute atomic E-state index is 6.00. The first kappa shape index (κ1) is 14.7. The number of likely N-dealkylation sites (N-methyl/N-ethyl adjacent to an activating group) is 1. The van der Waals surface area contributed by atoms with Gasteiger partial charge in [-0.15, -0.1) is 11.3 Å². The molecule has 0 saturated carbocycles. The Bertz CT molecular complexity index is 481. The monoisotopic (exact) mass is 338 g/mol. The van der Waals surface area contributed by atoms with E-state index >= 15 is 0 Å². The van der Waals surface area contributed by atoms with Crippen LogP contribution in [0, 0.1) is 0 Å². The molecule has 1 atom stereocenters. The highest BCUT2D eigenvalue weighted by atomic mass is 79.9. The molecule has 0 aliphatic heterocycles. The average Bonchev–Trinajstić information content (AvgIpc) is 2.93. The highest BCUT2D eigenvalue weighted by Crippen LogP contribution is 2.24. The summed E-state index contributed by atoms with van der Waals surface area (Å²) in [6, 6.07) is 13.0. The molecule has 19 heavy (non-hydrogen) atoms. The van der Waals surface area contributed by atoms with Crippen LogP contribution in [0.2, 0.25) is 0 Å². The molecule has 0 bridgehead atoms. The Kier molecular flexibility index (Phi) is 5.58. The Morgan fingerprint density at radius 3 is 2.53 bits per heavy atom. The second kappa shape index (κ2) is 7.20. The molecular formula is C15H19BrN2S. The first-order valence-corrected chi connectivity index (χ1v) is 8.13. The Morgan fingerprint density at radius 2 is 2.00 bits per heavy atom. The topological polar surface area (TPSA) is 29.3 Å². The molecule has 4 heteroatoms. The van der Waals surface area contributed by atoms with Gasteiger partial charge in [-0.3, -0.25) is 4.90 Å². The number of nitrogens with zero attached hydrogens (tertiary/aromatic N) is 1. The average molecular weight is 339 g/mol. The van der Waals surface area contributed by atoms with Crippen molar-refractivity contribution in [2.45, 2.75) is 19.5 Å². The van der Waals surface area contributed by atoms with Crippen LogP contribution in [-0.4, -0.2) is 18.0 Å². The molecule has 0 aliphatic rings. The molecule has 2 N–H and O–H groups in total. The molecule has 1 aromatic heterocycles. The standard InChI is InChI=1S/C15H19BrN2S/c1-2-18(11-14-4-3-9-19-14)15(10-17)12-5-7-13(16)8-6-12/h3-9,15H,2,10-11,17H2,1H3. The molecule has 102 valence electrons. The number of thiophene rings is 1. The Balaban J connectivity index is 2.16. The van der Waals surface area contributed by atoms with Gasteiger partial charge in [0.2, 0.25) is 0 Å². The van der Waals surface area contributed by atoms with E-state index in [-0.39, 0.29) is 6.04 Å². The van der Waals surface area contributed by atoms with Crippen LogP contribution in [0.3, 0.4) is 0 Å². The van der Waals surface area contributed by atoms with Gasteiger partial charge in [0.25, 0.3) is 0 Å². The van der Waals surface area contributed by atoms with E-state index in [1.54, 1.807) is 11.3 Å². The third kappa shape index (κ3) is 3.89. The van der Waals surface area contributed by atoms with Crippen LogP contribution in [0.1, 0.15) is 23.4 Å². The number of benzene rings is 1. The third-order valence-electron chi connectivity index (χ3n) is 3.26. The Labute approximate surface area is 127 Å². The zero-order valence-electron chi connectivity index (χ0n) is 11.1. The lowest BCUT2D eigenvalue weighted by Crippen LogP contribution is -2.33. The third-order valence-corrected chi connectivity index (χ3v) is 4.65. The molecule has 0 saturated heterocycles. The van der Waals surface area contributed by atoms with Crippen LogP contribution in [0.25, 0.3) is 0 Å². The van der Waals surface area contributed by atoms with Gasteiger partial charge in [0, 0.05) is 28.5 Å². The van der Waals surface area contributed by atoms with Crippen molar-refractivity contribution in [1.29, 1.82) is 0 Å². The van der Waals surface area contributed by atoms with E-state index in [2.05, 4.69) is 69.5 Å². The van der Waals surface area contributed by atoms with E-state index in [9.17, 15) is 0 Å². The molecule has 0 spiro atoms. The summed E-state index contributed by atoms with van der Waals surface area (Å²) in [7, 11) is 0. The fraction of sp³-hybridized carbons (Fsp3) is 0.333. The van der Waals surface area contributed by atoms with E-state index in [1.807, 2.05) is 0 Å². The van der Waals surface area contributed by atoms with Crippen molar-refractivity contribution < 1.29 is 0 Å². The minimum Gasteiger partial charge on any atom is -0.329 e. The van der Waals surface area contributed by atoms with Crippen molar-refractivity contribution in [3.8, 4) is 0 Å². The number of halogens is 1. The van der Waals surface area contributed by atoms with Gasteiger partial charge in [-0.1, -0.05) is 41.1 Å². The summed E-state index contributed by atoms with van der Waals surface area (Å²) in [5, 5.41) is 2.13. The fourth-order valence-electron chi connectivity index (χ4n) is 2.23. The summed E-state index contributed by atoms with van der Waals surface area (Å²) < 4.78 is 1.10. The first-order valence-electron chi connectivity index (χ1n) is 6.46. The summed E-state index contributed by atoms with van der Waals surface area (Å²) in [4.78, 5) is 3.81. The number of rotatable bonds is 6. The van der Waals surface area contributed by atoms with Crippen molar-refractivity contribution in [1.82, 2.24) is 4.90 Å². The molecule has 2 nitrogen and oxygen atoms in total. The van der Waals surface area contributed by atoms with Crippen molar-refractivity contribution in [2.24, 2.45) is 5.73 Å². The quantitative estimate of drug-likeness (QED) is 0.861. The zero-order valence-corrected chi connectivity index (χ0v) is 13.5. The van der Waals surface area contributed by atoms with Crippen molar-refractivity contribution >= 4 is 27.3 Å². The lowest BCUT2D eigenvalue weighted by Gasteiger charge is -2.29. The van der Waals surface area contributed by atoms with Gasteiger partial charge in [-0.25, -0.2) is 0 Å². The molecular weight excluding hydrogens is 320 g/mol. The summed E-state index contributed by atoms with van der Waals surface area (Å²) in [6.07, 6.45) is 0. The highest BCUT2D eigenvalue weighted by molar-refractivity contribution is 9.10. The van der Waals surface area contributed by atoms with E-state index < -0.39 is 0 Å². The van der Waals surface area contributed by atoms with E-state index in [0.29, 0.717) is 6.54 Å². The summed E-state index contributed by atoms with van der Waals surface area (Å²) in [5.41, 5.74) is 7.28. The molecule has 1 aromatic carbocycles. The van der Waals surface area contributed by atoms with Crippen LogP contribution in [0.15, 0.2) is 46.3 Å². The largest absolute Gasteiger partial charge is 0.329 e. The van der Waals surface area contributed by atoms with Crippen LogP contribution < -0.4 is 5.73 Å². The SMILES string of the molecule is CCN(Cc1cccs1)C(CN)c1ccc(Br)cc1. The zero-order chi connectivity index (χ0) is 13.7. The second-order valence-corrected chi connectivity index (χ2v) is 6.39. The van der Waals surface area contributed by atoms with Gasteiger partial charge >= 0.3 is 0 Å². The van der Waals surface area contributed by atoms with Crippen molar-refractivity contribution in [2.75, 3.05) is 13.1 Å². The lowest BCUT2D eigenvalue weighted by molar-refractivity contribution is 0.205. The van der Waals surface area contributed by atoms with Gasteiger partial charge in [-0.05, 0) is 35.7 Å². The van der Waals surface area contributed by atoms with Gasteiger partial charge in [0.05, 0.1) is 0 Å². The Hall–Kier alpha value is -0.680. The van der Waals surface area contributed by atoms with Crippen molar-refractivity contribution in [3.05, 3.63) is 56.7 Å². The lowest BCUT2D eigenvalue weighted by atomic mass is 10.1. The number of nitrogens with two attached hydrogens (primary N) is 1. The van der Waals surface area contributed by atoms with Crippen LogP contribution in [0.5, 0.6) is 0 Å². The smallest absolute Gasteiger partial charge is 0.0474 e. The van der Waals surface area contributed by atoms with Crippen molar-refractivity contribution in [3.63, 3.8) is 0 Å².